The van der Waals surface area contributed by atoms with Gasteiger partial charge in [0.1, 0.15) is 0 Å². The molecule has 7 aromatic rings. The predicted octanol–water partition coefficient (Wildman–Crippen LogP) is 14.2. The van der Waals surface area contributed by atoms with E-state index >= 15 is 0 Å². The lowest BCUT2D eigenvalue weighted by molar-refractivity contribution is 0.213. The van der Waals surface area contributed by atoms with Crippen molar-refractivity contribution in [3.05, 3.63) is 117 Å². The molecular weight excluding hydrogens is 902 g/mol. The van der Waals surface area contributed by atoms with E-state index < -0.39 is 26.8 Å². The second-order valence-corrected chi connectivity index (χ2v) is 19.8. The zero-order valence-corrected chi connectivity index (χ0v) is 38.6. The molecule has 0 fully saturated rings. The van der Waals surface area contributed by atoms with E-state index in [0.717, 1.165) is 76.8 Å². The minimum atomic E-state index is -3.74. The van der Waals surface area contributed by atoms with Crippen LogP contribution in [-0.2, 0) is 40.3 Å². The fraction of sp³-hybridized carbons (Fsp3) is 0.318. The number of benzene rings is 5. The van der Waals surface area contributed by atoms with E-state index in [1.54, 1.807) is 0 Å². The fourth-order valence-electron chi connectivity index (χ4n) is 7.97. The lowest BCUT2D eigenvalue weighted by Gasteiger charge is -2.29. The third-order valence-electron chi connectivity index (χ3n) is 10.3. The summed E-state index contributed by atoms with van der Waals surface area (Å²) in [5.41, 5.74) is 7.37. The van der Waals surface area contributed by atoms with Crippen molar-refractivity contribution in [1.82, 2.24) is 9.13 Å². The SMILES string of the molecule is CCOP(=O)(OCC)C(Nc1ccc(NC(c2ccc3c(c2)c2cc(Br)ccc2n3CC)P(=O)(OCC)OCC)cc1)c1ccc2c(c1)c1cc(Br)ccc1n2CC. The molecule has 0 amide bonds. The number of nitrogens with zero attached hydrogens (tertiary/aromatic N) is 2. The second kappa shape index (κ2) is 18.0. The summed E-state index contributed by atoms with van der Waals surface area (Å²) in [4.78, 5) is 0. The van der Waals surface area contributed by atoms with Gasteiger partial charge in [0.15, 0.2) is 11.6 Å². The Balaban J connectivity index is 1.27. The first-order chi connectivity index (χ1) is 28.0. The maximum Gasteiger partial charge on any atom is 0.357 e. The number of hydrogen-bond acceptors (Lipinski definition) is 8. The number of aromatic nitrogens is 2. The van der Waals surface area contributed by atoms with Crippen LogP contribution in [0.4, 0.5) is 11.4 Å². The molecule has 0 spiro atoms. The van der Waals surface area contributed by atoms with Gasteiger partial charge < -0.3 is 37.9 Å². The molecule has 2 unspecified atom stereocenters. The average Bonchev–Trinajstić information content (AvgIpc) is 3.69. The van der Waals surface area contributed by atoms with E-state index in [0.29, 0.717) is 11.4 Å². The highest BCUT2D eigenvalue weighted by Crippen LogP contribution is 2.62. The summed E-state index contributed by atoms with van der Waals surface area (Å²) in [6, 6.07) is 32.5. The van der Waals surface area contributed by atoms with Crippen LogP contribution in [0.25, 0.3) is 43.6 Å². The summed E-state index contributed by atoms with van der Waals surface area (Å²) in [5, 5.41) is 11.3. The van der Waals surface area contributed by atoms with E-state index in [1.165, 1.54) is 0 Å². The minimum absolute atomic E-state index is 0.214. The summed E-state index contributed by atoms with van der Waals surface area (Å²) in [6.07, 6.45) is 0. The van der Waals surface area contributed by atoms with Crippen LogP contribution in [-0.4, -0.2) is 35.6 Å². The number of hydrogen-bond donors (Lipinski definition) is 2. The molecule has 2 atom stereocenters. The summed E-state index contributed by atoms with van der Waals surface area (Å²) < 4.78 is 59.7. The summed E-state index contributed by atoms with van der Waals surface area (Å²) in [6.45, 7) is 14.0. The van der Waals surface area contributed by atoms with Crippen LogP contribution in [0.2, 0.25) is 0 Å². The van der Waals surface area contributed by atoms with Gasteiger partial charge in [-0.15, -0.1) is 0 Å². The fourth-order valence-corrected chi connectivity index (χ4v) is 12.5. The summed E-state index contributed by atoms with van der Waals surface area (Å²) in [5.74, 6) is -1.63. The summed E-state index contributed by atoms with van der Waals surface area (Å²) in [7, 11) is -7.47. The Labute approximate surface area is 356 Å². The molecule has 0 saturated carbocycles. The Bertz CT molecular complexity index is 2480. The molecule has 2 N–H and O–H groups in total. The molecule has 0 radical (unpaired) electrons. The Morgan fingerprint density at radius 3 is 1.10 bits per heavy atom. The predicted molar refractivity (Wildman–Crippen MR) is 247 cm³/mol. The van der Waals surface area contributed by atoms with Gasteiger partial charge in [-0.1, -0.05) is 44.0 Å². The number of nitrogens with one attached hydrogen (secondary N) is 2. The number of rotatable bonds is 18. The lowest BCUT2D eigenvalue weighted by atomic mass is 10.1. The third kappa shape index (κ3) is 8.20. The van der Waals surface area contributed by atoms with Crippen molar-refractivity contribution in [2.75, 3.05) is 37.1 Å². The van der Waals surface area contributed by atoms with E-state index in [-0.39, 0.29) is 26.4 Å². The first-order valence-electron chi connectivity index (χ1n) is 19.8. The van der Waals surface area contributed by atoms with Crippen LogP contribution in [0.15, 0.2) is 106 Å². The topological polar surface area (TPSA) is 105 Å². The molecule has 0 saturated heterocycles. The first kappa shape index (κ1) is 42.7. The van der Waals surface area contributed by atoms with E-state index in [4.69, 9.17) is 18.1 Å². The zero-order valence-electron chi connectivity index (χ0n) is 33.6. The van der Waals surface area contributed by atoms with Gasteiger partial charge in [0.05, 0.1) is 26.4 Å². The van der Waals surface area contributed by atoms with Gasteiger partial charge in [0.25, 0.3) is 0 Å². The van der Waals surface area contributed by atoms with Crippen LogP contribution >= 0.6 is 47.1 Å². The Kier molecular flexibility index (Phi) is 13.3. The zero-order chi connectivity index (χ0) is 41.2. The lowest BCUT2D eigenvalue weighted by Crippen LogP contribution is -2.16. The number of aryl methyl sites for hydroxylation is 2. The minimum Gasteiger partial charge on any atom is -0.368 e. The molecule has 7 rings (SSSR count). The molecule has 0 aliphatic rings. The van der Waals surface area contributed by atoms with Gasteiger partial charge in [-0.2, -0.15) is 0 Å². The average molecular weight is 953 g/mol. The van der Waals surface area contributed by atoms with Crippen molar-refractivity contribution in [2.45, 2.75) is 66.2 Å². The van der Waals surface area contributed by atoms with Crippen LogP contribution < -0.4 is 10.6 Å². The van der Waals surface area contributed by atoms with Crippen LogP contribution in [0.5, 0.6) is 0 Å². The Morgan fingerprint density at radius 1 is 0.483 bits per heavy atom. The van der Waals surface area contributed by atoms with Gasteiger partial charge in [-0.3, -0.25) is 9.13 Å². The van der Waals surface area contributed by atoms with Gasteiger partial charge in [-0.25, -0.2) is 0 Å². The van der Waals surface area contributed by atoms with Crippen molar-refractivity contribution in [3.8, 4) is 0 Å². The maximum absolute atomic E-state index is 14.7. The summed E-state index contributed by atoms with van der Waals surface area (Å²) >= 11 is 7.31. The third-order valence-corrected chi connectivity index (χ3v) is 15.9. The first-order valence-corrected chi connectivity index (χ1v) is 24.7. The second-order valence-electron chi connectivity index (χ2n) is 13.8. The van der Waals surface area contributed by atoms with Crippen molar-refractivity contribution in [2.24, 2.45) is 0 Å². The standard InChI is InChI=1S/C44H50Br2N4O6P2/c1-7-49-39-21-13-29(25-35(39)37-27-31(45)15-23-41(37)49)43(57(51,53-9-3)54-10-4)47-33-17-19-34(20-18-33)48-44(58(52,55-11-5)56-12-6)30-14-22-40-36(26-30)38-28-32(46)16-24-42(38)50(40)8-2/h13-28,43-44,47-48H,7-12H2,1-6H3. The molecule has 10 nitrogen and oxygen atoms in total. The number of anilines is 2. The molecule has 0 aliphatic heterocycles. The van der Waals surface area contributed by atoms with Crippen LogP contribution in [0, 0.1) is 0 Å². The number of halogens is 2. The van der Waals surface area contributed by atoms with Gasteiger partial charge in [-0.05, 0) is 138 Å². The largest absolute Gasteiger partial charge is 0.368 e. The molecule has 14 heteroatoms. The molecular formula is C44H50Br2N4O6P2. The maximum atomic E-state index is 14.7. The molecule has 306 valence electrons. The Hall–Kier alpha value is -3.44. The van der Waals surface area contributed by atoms with E-state index in [2.05, 4.69) is 114 Å². The molecule has 2 aromatic heterocycles. The van der Waals surface area contributed by atoms with Crippen molar-refractivity contribution in [3.63, 3.8) is 0 Å². The monoisotopic (exact) mass is 950 g/mol. The molecule has 5 aromatic carbocycles. The van der Waals surface area contributed by atoms with Crippen molar-refractivity contribution < 1.29 is 27.2 Å². The highest BCUT2D eigenvalue weighted by Gasteiger charge is 2.39. The number of fused-ring (bicyclic) bond motifs is 6. The van der Waals surface area contributed by atoms with Crippen molar-refractivity contribution >= 4 is 102 Å². The Morgan fingerprint density at radius 2 is 0.793 bits per heavy atom. The molecule has 0 aliphatic carbocycles. The van der Waals surface area contributed by atoms with E-state index in [9.17, 15) is 9.13 Å². The van der Waals surface area contributed by atoms with Gasteiger partial charge in [0, 0.05) is 77.0 Å². The van der Waals surface area contributed by atoms with Crippen LogP contribution in [0.3, 0.4) is 0 Å². The quantitative estimate of drug-likeness (QED) is 0.0820. The van der Waals surface area contributed by atoms with Gasteiger partial charge >= 0.3 is 15.2 Å². The van der Waals surface area contributed by atoms with Gasteiger partial charge in [0.2, 0.25) is 0 Å². The highest BCUT2D eigenvalue weighted by atomic mass is 79.9. The molecule has 2 heterocycles. The van der Waals surface area contributed by atoms with Crippen LogP contribution in [0.1, 0.15) is 64.2 Å². The molecule has 58 heavy (non-hydrogen) atoms. The molecule has 0 bridgehead atoms. The van der Waals surface area contributed by atoms with E-state index in [1.807, 2.05) is 76.2 Å². The highest BCUT2D eigenvalue weighted by molar-refractivity contribution is 9.10. The van der Waals surface area contributed by atoms with Crippen molar-refractivity contribution in [1.29, 1.82) is 0 Å². The smallest absolute Gasteiger partial charge is 0.357 e. The normalized spacial score (nSPS) is 13.5.